The highest BCUT2D eigenvalue weighted by Gasteiger charge is 2.55. The number of carbonyl (C=O) groups excluding carboxylic acids is 2. The molecule has 0 aromatic carbocycles. The summed E-state index contributed by atoms with van der Waals surface area (Å²) in [7, 11) is 0. The minimum atomic E-state index is -1.21. The molecule has 2 saturated heterocycles. The summed E-state index contributed by atoms with van der Waals surface area (Å²) in [5.74, 6) is -2.24. The molecule has 7 heteroatoms. The largest absolute Gasteiger partial charge is 0.481 e. The van der Waals surface area contributed by atoms with E-state index in [1.54, 1.807) is 13.8 Å². The zero-order chi connectivity index (χ0) is 19.0. The highest BCUT2D eigenvalue weighted by atomic mass is 16.6. The Bertz CT molecular complexity index is 552. The van der Waals surface area contributed by atoms with Crippen molar-refractivity contribution in [3.63, 3.8) is 0 Å². The molecule has 2 bridgehead atoms. The molecule has 2 fully saturated rings. The van der Waals surface area contributed by atoms with Crippen molar-refractivity contribution in [3.8, 4) is 0 Å². The molecule has 4 unspecified atom stereocenters. The van der Waals surface area contributed by atoms with Gasteiger partial charge in [-0.2, -0.15) is 0 Å². The first-order chi connectivity index (χ1) is 11.5. The molecular formula is C18H28O7. The van der Waals surface area contributed by atoms with E-state index in [0.29, 0.717) is 19.3 Å². The van der Waals surface area contributed by atoms with E-state index in [1.165, 1.54) is 0 Å². The van der Waals surface area contributed by atoms with Crippen LogP contribution in [-0.4, -0.2) is 46.9 Å². The van der Waals surface area contributed by atoms with Crippen LogP contribution >= 0.6 is 0 Å². The molecule has 1 N–H and O–H groups in total. The second-order valence-electron chi connectivity index (χ2n) is 8.12. The normalized spacial score (nSPS) is 28.7. The van der Waals surface area contributed by atoms with Gasteiger partial charge in [-0.15, -0.1) is 0 Å². The number of aliphatic carboxylic acids is 1. The average Bonchev–Trinajstić information content (AvgIpc) is 3.05. The zero-order valence-electron chi connectivity index (χ0n) is 15.5. The van der Waals surface area contributed by atoms with Gasteiger partial charge < -0.3 is 19.3 Å². The minimum Gasteiger partial charge on any atom is -0.481 e. The quantitative estimate of drug-likeness (QED) is 0.552. The van der Waals surface area contributed by atoms with Crippen LogP contribution in [0, 0.1) is 11.3 Å². The molecule has 0 saturated carbocycles. The van der Waals surface area contributed by atoms with Crippen molar-refractivity contribution in [1.29, 1.82) is 0 Å². The van der Waals surface area contributed by atoms with Crippen LogP contribution in [-0.2, 0) is 28.6 Å². The Morgan fingerprint density at radius 1 is 1.12 bits per heavy atom. The van der Waals surface area contributed by atoms with Crippen molar-refractivity contribution >= 4 is 17.9 Å². The second-order valence-corrected chi connectivity index (χ2v) is 8.12. The first-order valence-electron chi connectivity index (χ1n) is 8.76. The third-order valence-corrected chi connectivity index (χ3v) is 5.42. The topological polar surface area (TPSA) is 99.1 Å². The van der Waals surface area contributed by atoms with Crippen LogP contribution in [0.25, 0.3) is 0 Å². The number of carboxylic acids is 1. The van der Waals surface area contributed by atoms with Crippen molar-refractivity contribution in [3.05, 3.63) is 0 Å². The summed E-state index contributed by atoms with van der Waals surface area (Å²) < 4.78 is 16.9. The Morgan fingerprint density at radius 2 is 1.76 bits per heavy atom. The lowest BCUT2D eigenvalue weighted by Crippen LogP contribution is -2.45. The third-order valence-electron chi connectivity index (χ3n) is 5.42. The SMILES string of the molecule is CCC(C)(C)C(=O)OC1CC2OC1CC2C(C)(C)OC(=O)CC(=O)O. The van der Waals surface area contributed by atoms with Crippen molar-refractivity contribution < 1.29 is 33.7 Å². The highest BCUT2D eigenvalue weighted by molar-refractivity contribution is 5.90. The fraction of sp³-hybridized carbons (Fsp3) is 0.833. The van der Waals surface area contributed by atoms with Crippen LogP contribution in [0.1, 0.15) is 60.3 Å². The minimum absolute atomic E-state index is 0.0515. The maximum Gasteiger partial charge on any atom is 0.317 e. The molecule has 2 rings (SSSR count). The van der Waals surface area contributed by atoms with E-state index in [1.807, 2.05) is 20.8 Å². The lowest BCUT2D eigenvalue weighted by atomic mass is 9.77. The van der Waals surface area contributed by atoms with E-state index in [2.05, 4.69) is 0 Å². The predicted octanol–water partition coefficient (Wildman–Crippen LogP) is 2.31. The molecule has 142 valence electrons. The molecule has 4 atom stereocenters. The first kappa shape index (κ1) is 19.7. The molecular weight excluding hydrogens is 328 g/mol. The summed E-state index contributed by atoms with van der Waals surface area (Å²) >= 11 is 0. The number of carboxylic acid groups (broad SMARTS) is 1. The average molecular weight is 356 g/mol. The second kappa shape index (κ2) is 6.94. The Hall–Kier alpha value is -1.63. The molecule has 0 aromatic heterocycles. The van der Waals surface area contributed by atoms with Gasteiger partial charge in [0.1, 0.15) is 18.1 Å². The van der Waals surface area contributed by atoms with Crippen LogP contribution in [0.4, 0.5) is 0 Å². The van der Waals surface area contributed by atoms with Crippen LogP contribution in [0.5, 0.6) is 0 Å². The molecule has 7 nitrogen and oxygen atoms in total. The van der Waals surface area contributed by atoms with E-state index in [-0.39, 0.29) is 30.2 Å². The summed E-state index contributed by atoms with van der Waals surface area (Å²) in [6.45, 7) is 9.20. The Kier molecular flexibility index (Phi) is 5.47. The standard InChI is InChI=1S/C18H28O7/c1-6-17(2,3)16(22)24-13-8-11-10(7-12(13)23-11)18(4,5)25-15(21)9-14(19)20/h10-13H,6-9H2,1-5H3,(H,19,20). The molecule has 0 aromatic rings. The molecule has 25 heavy (non-hydrogen) atoms. The molecule has 2 aliphatic heterocycles. The molecule has 0 radical (unpaired) electrons. The number of hydrogen-bond donors (Lipinski definition) is 1. The molecule has 0 aliphatic carbocycles. The number of hydrogen-bond acceptors (Lipinski definition) is 6. The van der Waals surface area contributed by atoms with Crippen LogP contribution < -0.4 is 0 Å². The van der Waals surface area contributed by atoms with E-state index in [4.69, 9.17) is 19.3 Å². The number of ether oxygens (including phenoxy) is 3. The fourth-order valence-corrected chi connectivity index (χ4v) is 3.44. The Balaban J connectivity index is 1.93. The first-order valence-corrected chi connectivity index (χ1v) is 8.76. The van der Waals surface area contributed by atoms with E-state index >= 15 is 0 Å². The monoisotopic (exact) mass is 356 g/mol. The van der Waals surface area contributed by atoms with Crippen molar-refractivity contribution in [2.24, 2.45) is 11.3 Å². The summed E-state index contributed by atoms with van der Waals surface area (Å²) in [5.41, 5.74) is -1.35. The Labute approximate surface area is 148 Å². The van der Waals surface area contributed by atoms with Gasteiger partial charge in [-0.1, -0.05) is 6.92 Å². The van der Waals surface area contributed by atoms with Gasteiger partial charge in [0, 0.05) is 12.3 Å². The molecule has 2 heterocycles. The number of rotatable bonds is 7. The lowest BCUT2D eigenvalue weighted by molar-refractivity contribution is -0.167. The van der Waals surface area contributed by atoms with Gasteiger partial charge in [0.05, 0.1) is 17.6 Å². The fourth-order valence-electron chi connectivity index (χ4n) is 3.44. The van der Waals surface area contributed by atoms with Gasteiger partial charge >= 0.3 is 17.9 Å². The number of fused-ring (bicyclic) bond motifs is 2. The molecule has 0 spiro atoms. The summed E-state index contributed by atoms with van der Waals surface area (Å²) in [6.07, 6.45) is 0.581. The van der Waals surface area contributed by atoms with Crippen LogP contribution in [0.15, 0.2) is 0 Å². The summed E-state index contributed by atoms with van der Waals surface area (Å²) in [6, 6.07) is 0. The van der Waals surface area contributed by atoms with Gasteiger partial charge in [-0.25, -0.2) is 0 Å². The van der Waals surface area contributed by atoms with Gasteiger partial charge in [-0.05, 0) is 40.5 Å². The van der Waals surface area contributed by atoms with E-state index < -0.39 is 29.4 Å². The van der Waals surface area contributed by atoms with Crippen LogP contribution in [0.2, 0.25) is 0 Å². The summed E-state index contributed by atoms with van der Waals surface area (Å²) in [5, 5.41) is 8.68. The smallest absolute Gasteiger partial charge is 0.317 e. The van der Waals surface area contributed by atoms with E-state index in [9.17, 15) is 14.4 Å². The van der Waals surface area contributed by atoms with E-state index in [0.717, 1.165) is 0 Å². The third kappa shape index (κ3) is 4.32. The zero-order valence-corrected chi connectivity index (χ0v) is 15.5. The van der Waals surface area contributed by atoms with Gasteiger partial charge in [0.25, 0.3) is 0 Å². The van der Waals surface area contributed by atoms with Gasteiger partial charge in [-0.3, -0.25) is 14.4 Å². The van der Waals surface area contributed by atoms with Gasteiger partial charge in [0.2, 0.25) is 0 Å². The molecule has 0 amide bonds. The number of esters is 2. The lowest BCUT2D eigenvalue weighted by Gasteiger charge is -2.36. The Morgan fingerprint density at radius 3 is 2.24 bits per heavy atom. The van der Waals surface area contributed by atoms with Gasteiger partial charge in [0.15, 0.2) is 0 Å². The van der Waals surface area contributed by atoms with Crippen LogP contribution in [0.3, 0.4) is 0 Å². The van der Waals surface area contributed by atoms with Crippen molar-refractivity contribution in [2.45, 2.75) is 84.2 Å². The maximum absolute atomic E-state index is 12.3. The molecule has 2 aliphatic rings. The summed E-state index contributed by atoms with van der Waals surface area (Å²) in [4.78, 5) is 34.5. The van der Waals surface area contributed by atoms with Crippen molar-refractivity contribution in [1.82, 2.24) is 0 Å². The number of carbonyl (C=O) groups is 3. The predicted molar refractivity (Wildman–Crippen MR) is 87.8 cm³/mol. The maximum atomic E-state index is 12.3. The van der Waals surface area contributed by atoms with Crippen molar-refractivity contribution in [2.75, 3.05) is 0 Å². The highest BCUT2D eigenvalue weighted by Crippen LogP contribution is 2.46.